The number of imide groups is 1. The SMILES string of the molecule is CCOc1cccc(CNC2CCC(=O)N(C)C2=O)c1O. The van der Waals surface area contributed by atoms with E-state index in [2.05, 4.69) is 5.32 Å². The van der Waals surface area contributed by atoms with Crippen LogP contribution in [0.5, 0.6) is 11.5 Å². The quantitative estimate of drug-likeness (QED) is 0.792. The summed E-state index contributed by atoms with van der Waals surface area (Å²) in [6, 6.07) is 4.86. The molecule has 1 unspecified atom stereocenters. The number of ether oxygens (including phenoxy) is 1. The summed E-state index contributed by atoms with van der Waals surface area (Å²) in [5, 5.41) is 13.2. The number of amides is 2. The molecule has 1 fully saturated rings. The second-order valence-corrected chi connectivity index (χ2v) is 4.96. The van der Waals surface area contributed by atoms with E-state index >= 15 is 0 Å². The summed E-state index contributed by atoms with van der Waals surface area (Å²) < 4.78 is 5.32. The average Bonchev–Trinajstić information content (AvgIpc) is 2.48. The summed E-state index contributed by atoms with van der Waals surface area (Å²) in [5.41, 5.74) is 0.660. The van der Waals surface area contributed by atoms with Crippen LogP contribution in [0.3, 0.4) is 0 Å². The van der Waals surface area contributed by atoms with Crippen LogP contribution in [0.15, 0.2) is 18.2 Å². The van der Waals surface area contributed by atoms with Gasteiger partial charge in [-0.2, -0.15) is 0 Å². The molecule has 1 aliphatic heterocycles. The first-order chi connectivity index (χ1) is 10.0. The number of carbonyl (C=O) groups is 2. The fraction of sp³-hybridized carbons (Fsp3) is 0.467. The zero-order chi connectivity index (χ0) is 15.4. The molecule has 2 N–H and O–H groups in total. The Balaban J connectivity index is 2.02. The van der Waals surface area contributed by atoms with Crippen molar-refractivity contribution in [3.05, 3.63) is 23.8 Å². The number of nitrogens with zero attached hydrogens (tertiary/aromatic N) is 1. The predicted molar refractivity (Wildman–Crippen MR) is 76.9 cm³/mol. The number of para-hydroxylation sites is 1. The normalized spacial score (nSPS) is 19.0. The fourth-order valence-electron chi connectivity index (χ4n) is 2.32. The highest BCUT2D eigenvalue weighted by molar-refractivity contribution is 6.00. The number of likely N-dealkylation sites (tertiary alicyclic amines) is 1. The lowest BCUT2D eigenvalue weighted by Gasteiger charge is -2.28. The van der Waals surface area contributed by atoms with E-state index < -0.39 is 6.04 Å². The summed E-state index contributed by atoms with van der Waals surface area (Å²) >= 11 is 0. The molecule has 1 atom stereocenters. The summed E-state index contributed by atoms with van der Waals surface area (Å²) in [4.78, 5) is 24.5. The number of carbonyl (C=O) groups excluding carboxylic acids is 2. The highest BCUT2D eigenvalue weighted by Crippen LogP contribution is 2.29. The fourth-order valence-corrected chi connectivity index (χ4v) is 2.32. The van der Waals surface area contributed by atoms with E-state index in [9.17, 15) is 14.7 Å². The molecule has 0 saturated carbocycles. The van der Waals surface area contributed by atoms with E-state index in [1.807, 2.05) is 6.92 Å². The van der Waals surface area contributed by atoms with Gasteiger partial charge in [0.15, 0.2) is 11.5 Å². The largest absolute Gasteiger partial charge is 0.504 e. The van der Waals surface area contributed by atoms with Crippen LogP contribution >= 0.6 is 0 Å². The van der Waals surface area contributed by atoms with E-state index in [4.69, 9.17) is 4.74 Å². The van der Waals surface area contributed by atoms with Crippen molar-refractivity contribution >= 4 is 11.8 Å². The van der Waals surface area contributed by atoms with Gasteiger partial charge in [-0.05, 0) is 19.4 Å². The smallest absolute Gasteiger partial charge is 0.246 e. The number of hydrogen-bond donors (Lipinski definition) is 2. The van der Waals surface area contributed by atoms with Crippen LogP contribution in [-0.4, -0.2) is 41.5 Å². The summed E-state index contributed by atoms with van der Waals surface area (Å²) in [7, 11) is 1.49. The van der Waals surface area contributed by atoms with Gasteiger partial charge in [-0.25, -0.2) is 0 Å². The molecule has 2 rings (SSSR count). The van der Waals surface area contributed by atoms with E-state index in [0.717, 1.165) is 4.90 Å². The highest BCUT2D eigenvalue weighted by Gasteiger charge is 2.31. The summed E-state index contributed by atoms with van der Waals surface area (Å²) in [6.07, 6.45) is 0.832. The first-order valence-corrected chi connectivity index (χ1v) is 7.02. The molecule has 1 aliphatic rings. The number of phenols is 1. The van der Waals surface area contributed by atoms with E-state index in [-0.39, 0.29) is 17.6 Å². The Morgan fingerprint density at radius 3 is 2.90 bits per heavy atom. The van der Waals surface area contributed by atoms with Crippen LogP contribution in [0.4, 0.5) is 0 Å². The van der Waals surface area contributed by atoms with Crippen molar-refractivity contribution in [2.75, 3.05) is 13.7 Å². The molecule has 0 aromatic heterocycles. The van der Waals surface area contributed by atoms with Gasteiger partial charge in [0, 0.05) is 25.6 Å². The summed E-state index contributed by atoms with van der Waals surface area (Å²) in [6.45, 7) is 2.65. The van der Waals surface area contributed by atoms with Crippen LogP contribution in [0, 0.1) is 0 Å². The molecule has 0 aliphatic carbocycles. The number of phenolic OH excluding ortho intramolecular Hbond substituents is 1. The third-order valence-electron chi connectivity index (χ3n) is 3.57. The van der Waals surface area contributed by atoms with Crippen molar-refractivity contribution in [3.63, 3.8) is 0 Å². The Bertz CT molecular complexity index is 544. The maximum absolute atomic E-state index is 12.0. The van der Waals surface area contributed by atoms with Gasteiger partial charge in [-0.15, -0.1) is 0 Å². The zero-order valence-electron chi connectivity index (χ0n) is 12.3. The minimum atomic E-state index is -0.400. The van der Waals surface area contributed by atoms with Crippen molar-refractivity contribution < 1.29 is 19.4 Å². The van der Waals surface area contributed by atoms with Crippen LogP contribution in [0.25, 0.3) is 0 Å². The van der Waals surface area contributed by atoms with Crippen LogP contribution in [0.1, 0.15) is 25.3 Å². The van der Waals surface area contributed by atoms with E-state index in [1.165, 1.54) is 7.05 Å². The second kappa shape index (κ2) is 6.58. The van der Waals surface area contributed by atoms with Gasteiger partial charge in [0.2, 0.25) is 11.8 Å². The molecule has 6 heteroatoms. The number of nitrogens with one attached hydrogen (secondary N) is 1. The van der Waals surface area contributed by atoms with E-state index in [0.29, 0.717) is 37.3 Å². The predicted octanol–water partition coefficient (Wildman–Crippen LogP) is 1.03. The third-order valence-corrected chi connectivity index (χ3v) is 3.57. The zero-order valence-corrected chi connectivity index (χ0v) is 12.3. The van der Waals surface area contributed by atoms with Gasteiger partial charge in [0.05, 0.1) is 12.6 Å². The van der Waals surface area contributed by atoms with Crippen LogP contribution in [0.2, 0.25) is 0 Å². The minimum absolute atomic E-state index is 0.0829. The molecular formula is C15H20N2O4. The molecule has 2 amide bonds. The van der Waals surface area contributed by atoms with Gasteiger partial charge in [-0.1, -0.05) is 12.1 Å². The molecule has 1 heterocycles. The molecule has 1 saturated heterocycles. The molecule has 1 aromatic carbocycles. The molecule has 114 valence electrons. The van der Waals surface area contributed by atoms with Crippen LogP contribution < -0.4 is 10.1 Å². The van der Waals surface area contributed by atoms with Crippen molar-refractivity contribution in [2.45, 2.75) is 32.4 Å². The van der Waals surface area contributed by atoms with Gasteiger partial charge in [-0.3, -0.25) is 14.5 Å². The lowest BCUT2D eigenvalue weighted by molar-refractivity contribution is -0.148. The van der Waals surface area contributed by atoms with Gasteiger partial charge in [0.1, 0.15) is 0 Å². The number of rotatable bonds is 5. The molecular weight excluding hydrogens is 272 g/mol. The first kappa shape index (κ1) is 15.3. The second-order valence-electron chi connectivity index (χ2n) is 4.96. The number of hydrogen-bond acceptors (Lipinski definition) is 5. The van der Waals surface area contributed by atoms with Gasteiger partial charge < -0.3 is 15.2 Å². The number of likely N-dealkylation sites (N-methyl/N-ethyl adjacent to an activating group) is 1. The standard InChI is InChI=1S/C15H20N2O4/c1-3-21-12-6-4-5-10(14(12)19)9-16-11-7-8-13(18)17(2)15(11)20/h4-6,11,16,19H,3,7-9H2,1-2H3. The Morgan fingerprint density at radius 1 is 1.43 bits per heavy atom. The lowest BCUT2D eigenvalue weighted by Crippen LogP contribution is -2.51. The Hall–Kier alpha value is -2.08. The molecule has 0 bridgehead atoms. The number of aromatic hydroxyl groups is 1. The third kappa shape index (κ3) is 3.33. The molecule has 0 spiro atoms. The van der Waals surface area contributed by atoms with Gasteiger partial charge in [0.25, 0.3) is 0 Å². The van der Waals surface area contributed by atoms with Crippen molar-refractivity contribution in [3.8, 4) is 11.5 Å². The minimum Gasteiger partial charge on any atom is -0.504 e. The average molecular weight is 292 g/mol. The lowest BCUT2D eigenvalue weighted by atomic mass is 10.0. The molecule has 1 aromatic rings. The van der Waals surface area contributed by atoms with Crippen LogP contribution in [-0.2, 0) is 16.1 Å². The molecule has 6 nitrogen and oxygen atoms in total. The Labute approximate surface area is 123 Å². The summed E-state index contributed by atoms with van der Waals surface area (Å²) in [5.74, 6) is 0.129. The van der Waals surface area contributed by atoms with Gasteiger partial charge >= 0.3 is 0 Å². The van der Waals surface area contributed by atoms with Crippen molar-refractivity contribution in [1.82, 2.24) is 10.2 Å². The van der Waals surface area contributed by atoms with Crippen molar-refractivity contribution in [2.24, 2.45) is 0 Å². The topological polar surface area (TPSA) is 78.9 Å². The maximum atomic E-state index is 12.0. The van der Waals surface area contributed by atoms with E-state index in [1.54, 1.807) is 18.2 Å². The Kier molecular flexibility index (Phi) is 4.80. The van der Waals surface area contributed by atoms with Crippen molar-refractivity contribution in [1.29, 1.82) is 0 Å². The monoisotopic (exact) mass is 292 g/mol. The maximum Gasteiger partial charge on any atom is 0.246 e. The first-order valence-electron chi connectivity index (χ1n) is 7.02. The highest BCUT2D eigenvalue weighted by atomic mass is 16.5. The number of piperidine rings is 1. The number of benzene rings is 1. The Morgan fingerprint density at radius 2 is 2.19 bits per heavy atom. The molecule has 21 heavy (non-hydrogen) atoms. The molecule has 0 radical (unpaired) electrons.